The van der Waals surface area contributed by atoms with Crippen LogP contribution in [0.25, 0.3) is 0 Å². The Kier molecular flexibility index (Phi) is 4.42. The summed E-state index contributed by atoms with van der Waals surface area (Å²) in [6.45, 7) is 6.46. The van der Waals surface area contributed by atoms with Crippen LogP contribution in [-0.2, 0) is 4.79 Å². The summed E-state index contributed by atoms with van der Waals surface area (Å²) in [4.78, 5) is 12.2. The van der Waals surface area contributed by atoms with E-state index < -0.39 is 0 Å². The van der Waals surface area contributed by atoms with Gasteiger partial charge in [-0.05, 0) is 61.1 Å². The monoisotopic (exact) mass is 301 g/mol. The molecule has 3 nitrogen and oxygen atoms in total. The van der Waals surface area contributed by atoms with E-state index >= 15 is 0 Å². The highest BCUT2D eigenvalue weighted by Gasteiger charge is 2.40. The van der Waals surface area contributed by atoms with Crippen molar-refractivity contribution in [2.24, 2.45) is 11.8 Å². The number of benzene rings is 1. The summed E-state index contributed by atoms with van der Waals surface area (Å²) in [5.74, 6) is 2.82. The van der Waals surface area contributed by atoms with Gasteiger partial charge >= 0.3 is 0 Å². The highest BCUT2D eigenvalue weighted by Crippen LogP contribution is 2.44. The second-order valence-electron chi connectivity index (χ2n) is 7.33. The first-order valence-electron chi connectivity index (χ1n) is 8.55. The highest BCUT2D eigenvalue weighted by molar-refractivity contribution is 5.78. The van der Waals surface area contributed by atoms with Gasteiger partial charge in [-0.25, -0.2) is 0 Å². The number of carbonyl (C=O) groups is 1. The lowest BCUT2D eigenvalue weighted by Gasteiger charge is -2.23. The van der Waals surface area contributed by atoms with Crippen LogP contribution < -0.4 is 10.1 Å². The number of carbonyl (C=O) groups excluding carboxylic acids is 1. The van der Waals surface area contributed by atoms with Gasteiger partial charge in [-0.2, -0.15) is 0 Å². The largest absolute Gasteiger partial charge is 0.483 e. The van der Waals surface area contributed by atoms with E-state index in [1.165, 1.54) is 24.8 Å². The van der Waals surface area contributed by atoms with E-state index in [2.05, 4.69) is 31.3 Å². The summed E-state index contributed by atoms with van der Waals surface area (Å²) in [6.07, 6.45) is 5.11. The number of fused-ring (bicyclic) bond motifs is 2. The lowest BCUT2D eigenvalue weighted by atomic mass is 9.95. The van der Waals surface area contributed by atoms with Gasteiger partial charge in [0.25, 0.3) is 5.91 Å². The molecule has 1 aromatic carbocycles. The molecular formula is C19H27NO2. The summed E-state index contributed by atoms with van der Waals surface area (Å²) >= 11 is 0. The first-order chi connectivity index (χ1) is 10.5. The Morgan fingerprint density at radius 3 is 2.77 bits per heavy atom. The highest BCUT2D eigenvalue weighted by atomic mass is 16.5. The third-order valence-corrected chi connectivity index (χ3v) is 5.23. The van der Waals surface area contributed by atoms with Crippen molar-refractivity contribution >= 4 is 5.91 Å². The van der Waals surface area contributed by atoms with Crippen LogP contribution in [0, 0.1) is 18.8 Å². The van der Waals surface area contributed by atoms with Gasteiger partial charge in [0.15, 0.2) is 6.61 Å². The summed E-state index contributed by atoms with van der Waals surface area (Å²) < 4.78 is 5.82. The van der Waals surface area contributed by atoms with E-state index in [0.29, 0.717) is 17.9 Å². The van der Waals surface area contributed by atoms with Crippen LogP contribution in [0.15, 0.2) is 18.2 Å². The van der Waals surface area contributed by atoms with E-state index in [-0.39, 0.29) is 12.5 Å². The average Bonchev–Trinajstić information content (AvgIpc) is 3.07. The molecule has 3 atom stereocenters. The SMILES string of the molecule is Cc1ccc(C(C)C)c(OCC(=O)N[C@H]2C[C@@H]3CC[C@@H]2C3)c1. The lowest BCUT2D eigenvalue weighted by molar-refractivity contribution is -0.124. The summed E-state index contributed by atoms with van der Waals surface area (Å²) in [5.41, 5.74) is 2.33. The van der Waals surface area contributed by atoms with Gasteiger partial charge < -0.3 is 10.1 Å². The Bertz CT molecular complexity index is 552. The van der Waals surface area contributed by atoms with E-state index in [1.807, 2.05) is 13.0 Å². The number of aryl methyl sites for hydroxylation is 1. The molecular weight excluding hydrogens is 274 g/mol. The molecule has 1 aromatic rings. The average molecular weight is 301 g/mol. The number of ether oxygens (including phenoxy) is 1. The Labute approximate surface area is 133 Å². The van der Waals surface area contributed by atoms with Crippen molar-refractivity contribution in [3.05, 3.63) is 29.3 Å². The molecule has 22 heavy (non-hydrogen) atoms. The molecule has 2 aliphatic carbocycles. The molecule has 3 heteroatoms. The van der Waals surface area contributed by atoms with Crippen LogP contribution in [0.5, 0.6) is 5.75 Å². The maximum absolute atomic E-state index is 12.2. The summed E-state index contributed by atoms with van der Waals surface area (Å²) in [6, 6.07) is 6.61. The molecule has 0 aromatic heterocycles. The van der Waals surface area contributed by atoms with Crippen molar-refractivity contribution < 1.29 is 9.53 Å². The smallest absolute Gasteiger partial charge is 0.258 e. The molecule has 3 rings (SSSR count). The molecule has 2 fully saturated rings. The van der Waals surface area contributed by atoms with Crippen molar-refractivity contribution in [3.8, 4) is 5.75 Å². The fourth-order valence-corrected chi connectivity index (χ4v) is 4.06. The van der Waals surface area contributed by atoms with E-state index in [1.54, 1.807) is 0 Å². The van der Waals surface area contributed by atoms with Crippen molar-refractivity contribution in [2.45, 2.75) is 58.4 Å². The first kappa shape index (κ1) is 15.4. The topological polar surface area (TPSA) is 38.3 Å². The van der Waals surface area contributed by atoms with Crippen LogP contribution in [0.3, 0.4) is 0 Å². The third-order valence-electron chi connectivity index (χ3n) is 5.23. The van der Waals surface area contributed by atoms with Gasteiger partial charge in [0, 0.05) is 6.04 Å². The molecule has 0 radical (unpaired) electrons. The Morgan fingerprint density at radius 1 is 1.32 bits per heavy atom. The number of nitrogens with one attached hydrogen (secondary N) is 1. The molecule has 0 unspecified atom stereocenters. The molecule has 0 spiro atoms. The molecule has 2 saturated carbocycles. The van der Waals surface area contributed by atoms with E-state index in [0.717, 1.165) is 23.7 Å². The molecule has 120 valence electrons. The molecule has 1 N–H and O–H groups in total. The Morgan fingerprint density at radius 2 is 2.14 bits per heavy atom. The van der Waals surface area contributed by atoms with Gasteiger partial charge in [0.2, 0.25) is 0 Å². The number of hydrogen-bond donors (Lipinski definition) is 1. The lowest BCUT2D eigenvalue weighted by Crippen LogP contribution is -2.41. The first-order valence-corrected chi connectivity index (χ1v) is 8.55. The minimum Gasteiger partial charge on any atom is -0.483 e. The maximum Gasteiger partial charge on any atom is 0.258 e. The normalized spacial score (nSPS) is 26.5. The molecule has 0 heterocycles. The van der Waals surface area contributed by atoms with Crippen molar-refractivity contribution in [2.75, 3.05) is 6.61 Å². The second kappa shape index (κ2) is 6.31. The maximum atomic E-state index is 12.2. The Balaban J connectivity index is 1.56. The van der Waals surface area contributed by atoms with Gasteiger partial charge in [-0.3, -0.25) is 4.79 Å². The second-order valence-corrected chi connectivity index (χ2v) is 7.33. The van der Waals surface area contributed by atoms with Crippen LogP contribution in [0.2, 0.25) is 0 Å². The predicted octanol–water partition coefficient (Wildman–Crippen LogP) is 3.80. The van der Waals surface area contributed by atoms with Crippen LogP contribution in [0.4, 0.5) is 0 Å². The number of hydrogen-bond acceptors (Lipinski definition) is 2. The van der Waals surface area contributed by atoms with Gasteiger partial charge in [0.1, 0.15) is 5.75 Å². The van der Waals surface area contributed by atoms with Crippen LogP contribution >= 0.6 is 0 Å². The quantitative estimate of drug-likeness (QED) is 0.898. The Hall–Kier alpha value is -1.51. The minimum atomic E-state index is 0.0220. The molecule has 0 aliphatic heterocycles. The predicted molar refractivity (Wildman–Crippen MR) is 88.1 cm³/mol. The van der Waals surface area contributed by atoms with Crippen molar-refractivity contribution in [1.82, 2.24) is 5.32 Å². The van der Waals surface area contributed by atoms with Gasteiger partial charge in [-0.1, -0.05) is 32.4 Å². The molecule has 0 saturated heterocycles. The van der Waals surface area contributed by atoms with Crippen LogP contribution in [0.1, 0.15) is 56.6 Å². The number of amides is 1. The fourth-order valence-electron chi connectivity index (χ4n) is 4.06. The minimum absolute atomic E-state index is 0.0220. The zero-order chi connectivity index (χ0) is 15.7. The third kappa shape index (κ3) is 3.29. The zero-order valence-corrected chi connectivity index (χ0v) is 13.9. The van der Waals surface area contributed by atoms with E-state index in [9.17, 15) is 4.79 Å². The van der Waals surface area contributed by atoms with Gasteiger partial charge in [0.05, 0.1) is 0 Å². The zero-order valence-electron chi connectivity index (χ0n) is 13.9. The molecule has 2 bridgehead atoms. The standard InChI is InChI=1S/C19H27NO2/c1-12(2)16-7-4-13(3)8-18(16)22-11-19(21)20-17-10-14-5-6-15(17)9-14/h4,7-8,12,14-15,17H,5-6,9-11H2,1-3H3,(H,20,21)/t14-,15-,17+/m1/s1. The number of rotatable bonds is 5. The van der Waals surface area contributed by atoms with Crippen molar-refractivity contribution in [3.63, 3.8) is 0 Å². The van der Waals surface area contributed by atoms with Crippen LogP contribution in [-0.4, -0.2) is 18.6 Å². The van der Waals surface area contributed by atoms with E-state index in [4.69, 9.17) is 4.74 Å². The molecule has 2 aliphatic rings. The summed E-state index contributed by atoms with van der Waals surface area (Å²) in [7, 11) is 0. The van der Waals surface area contributed by atoms with Gasteiger partial charge in [-0.15, -0.1) is 0 Å². The van der Waals surface area contributed by atoms with Crippen molar-refractivity contribution in [1.29, 1.82) is 0 Å². The fraction of sp³-hybridized carbons (Fsp3) is 0.632. The summed E-state index contributed by atoms with van der Waals surface area (Å²) in [5, 5.41) is 3.18. The molecule has 1 amide bonds.